The number of halogens is 3. The normalized spacial score (nSPS) is 14.2. The molecule has 0 bridgehead atoms. The van der Waals surface area contributed by atoms with Gasteiger partial charge in [0.15, 0.2) is 0 Å². The number of carbonyl (C=O) groups excluding carboxylic acids is 8. The third-order valence-electron chi connectivity index (χ3n) is 9.47. The third kappa shape index (κ3) is 21.1. The van der Waals surface area contributed by atoms with E-state index >= 15 is 0 Å². The number of carboxylic acid groups (broad SMARTS) is 3. The van der Waals surface area contributed by atoms with Crippen LogP contribution in [-0.2, 0) is 59.2 Å². The Morgan fingerprint density at radius 1 is 0.615 bits per heavy atom. The first-order valence-corrected chi connectivity index (χ1v) is 20.3. The summed E-state index contributed by atoms with van der Waals surface area (Å²) in [4.78, 5) is 140. The van der Waals surface area contributed by atoms with Gasteiger partial charge in [-0.1, -0.05) is 58.9 Å². The molecule has 0 aliphatic heterocycles. The van der Waals surface area contributed by atoms with E-state index in [1.165, 1.54) is 20.8 Å². The van der Waals surface area contributed by atoms with Gasteiger partial charge in [-0.25, -0.2) is 0 Å². The summed E-state index contributed by atoms with van der Waals surface area (Å²) in [7, 11) is 1.00. The van der Waals surface area contributed by atoms with Gasteiger partial charge in [-0.05, 0) is 42.2 Å². The number of alkyl halides is 3. The summed E-state index contributed by atoms with van der Waals surface area (Å²) in [6, 6.07) is -4.18. The molecule has 21 nitrogen and oxygen atoms in total. The highest BCUT2D eigenvalue weighted by Crippen LogP contribution is 2.23. The van der Waals surface area contributed by atoms with Crippen LogP contribution in [0, 0.1) is 18.3 Å². The molecular weight excluding hydrogens is 871 g/mol. The Balaban J connectivity index is 3.63. The lowest BCUT2D eigenvalue weighted by atomic mass is 9.85. The maximum absolute atomic E-state index is 14.3. The number of carboxylic acids is 3. The van der Waals surface area contributed by atoms with Gasteiger partial charge in [0.05, 0.1) is 19.3 Å². The number of amides is 7. The zero-order valence-electron chi connectivity index (χ0n) is 37.0. The summed E-state index contributed by atoms with van der Waals surface area (Å²) in [5, 5.41) is 43.1. The summed E-state index contributed by atoms with van der Waals surface area (Å²) in [6.07, 6.45) is -11.1. The number of Topliss-reactive ketones (excluding diaryl/α,β-unsaturated/α-hetero) is 1. The van der Waals surface area contributed by atoms with Gasteiger partial charge in [-0.2, -0.15) is 13.2 Å². The molecule has 0 heterocycles. The second-order valence-corrected chi connectivity index (χ2v) is 16.6. The van der Waals surface area contributed by atoms with Crippen molar-refractivity contribution >= 4 is 65.0 Å². The third-order valence-corrected chi connectivity index (χ3v) is 9.47. The first-order chi connectivity index (χ1) is 29.9. The molecule has 10 N–H and O–H groups in total. The van der Waals surface area contributed by atoms with Crippen molar-refractivity contribution in [3.8, 4) is 0 Å². The molecule has 0 aliphatic rings. The molecular formula is C41H58F3N7O14. The molecule has 1 aromatic rings. The molecule has 0 spiro atoms. The number of benzene rings is 1. The van der Waals surface area contributed by atoms with Crippen molar-refractivity contribution in [3.05, 3.63) is 35.4 Å². The first kappa shape index (κ1) is 56.4. The van der Waals surface area contributed by atoms with Gasteiger partial charge in [-0.15, -0.1) is 0 Å². The van der Waals surface area contributed by atoms with Crippen molar-refractivity contribution in [1.82, 2.24) is 37.2 Å². The smallest absolute Gasteiger partial charge is 0.391 e. The highest BCUT2D eigenvalue weighted by molar-refractivity contribution is 6.38. The van der Waals surface area contributed by atoms with Gasteiger partial charge in [0.25, 0.3) is 5.91 Å². The summed E-state index contributed by atoms with van der Waals surface area (Å²) < 4.78 is 40.3. The van der Waals surface area contributed by atoms with Gasteiger partial charge in [0.1, 0.15) is 36.3 Å². The summed E-state index contributed by atoms with van der Waals surface area (Å²) in [6.45, 7) is 9.45. The molecule has 65 heavy (non-hydrogen) atoms. The van der Waals surface area contributed by atoms with Crippen molar-refractivity contribution in [3.63, 3.8) is 0 Å². The minimum atomic E-state index is -5.00. The van der Waals surface area contributed by atoms with Crippen molar-refractivity contribution < 1.29 is 81.2 Å². The van der Waals surface area contributed by atoms with Gasteiger partial charge >= 0.3 is 24.1 Å². The van der Waals surface area contributed by atoms with Crippen molar-refractivity contribution in [1.29, 1.82) is 0 Å². The minimum absolute atomic E-state index is 0.190. The van der Waals surface area contributed by atoms with Crippen LogP contribution in [0.3, 0.4) is 0 Å². The van der Waals surface area contributed by atoms with Crippen molar-refractivity contribution in [2.24, 2.45) is 11.3 Å². The quantitative estimate of drug-likeness (QED) is 0.0548. The minimum Gasteiger partial charge on any atom is -0.481 e. The largest absolute Gasteiger partial charge is 0.481 e. The van der Waals surface area contributed by atoms with Crippen molar-refractivity contribution in [2.45, 2.75) is 135 Å². The molecule has 0 unspecified atom stereocenters. The maximum atomic E-state index is 14.3. The Bertz CT molecular complexity index is 1940. The Morgan fingerprint density at radius 3 is 1.63 bits per heavy atom. The molecule has 362 valence electrons. The van der Waals surface area contributed by atoms with E-state index < -0.39 is 151 Å². The molecule has 7 amide bonds. The number of rotatable bonds is 26. The van der Waals surface area contributed by atoms with Crippen LogP contribution >= 0.6 is 0 Å². The zero-order valence-corrected chi connectivity index (χ0v) is 37.0. The van der Waals surface area contributed by atoms with E-state index in [-0.39, 0.29) is 18.8 Å². The summed E-state index contributed by atoms with van der Waals surface area (Å²) >= 11 is 0. The zero-order chi connectivity index (χ0) is 50.0. The fourth-order valence-electron chi connectivity index (χ4n) is 6.09. The lowest BCUT2D eigenvalue weighted by Crippen LogP contribution is -2.62. The maximum Gasteiger partial charge on any atom is 0.391 e. The number of nitrogens with one attached hydrogen (secondary N) is 7. The Labute approximate surface area is 372 Å². The van der Waals surface area contributed by atoms with E-state index in [4.69, 9.17) is 5.11 Å². The van der Waals surface area contributed by atoms with Crippen molar-refractivity contribution in [2.75, 3.05) is 7.05 Å². The Hall–Kier alpha value is -6.62. The van der Waals surface area contributed by atoms with Gasteiger partial charge in [-0.3, -0.25) is 52.7 Å². The number of aryl methyl sites for hydroxylation is 1. The second kappa shape index (κ2) is 25.6. The van der Waals surface area contributed by atoms with E-state index in [0.717, 1.165) is 7.05 Å². The summed E-state index contributed by atoms with van der Waals surface area (Å²) in [5.74, 6) is -14.5. The lowest BCUT2D eigenvalue weighted by Gasteiger charge is -2.34. The number of likely N-dealkylation sites (N-methyl/N-ethyl adjacent to an activating group) is 1. The monoisotopic (exact) mass is 929 g/mol. The molecule has 0 aromatic heterocycles. The molecule has 0 saturated heterocycles. The van der Waals surface area contributed by atoms with Crippen LogP contribution in [0.1, 0.15) is 90.7 Å². The molecule has 1 rings (SSSR count). The number of hydrogen-bond acceptors (Lipinski definition) is 11. The SMILES string of the molecule is CNC(=O)C(=O)[C@H](CC(F)(F)F)NC(=O)[C@H](CC(C)C)NC(=O)[C@@H](NC(=O)[C@H](Cc1ccccc1C)NC(=O)[C@H](CCC(=O)O)NC(=O)[C@H](CC(=O)O)NC(=O)CCC(=O)O)C(C)(C)C. The number of carbonyl (C=O) groups is 11. The molecule has 0 radical (unpaired) electrons. The van der Waals surface area contributed by atoms with Gasteiger partial charge in [0.2, 0.25) is 41.2 Å². The molecule has 24 heteroatoms. The molecule has 0 saturated carbocycles. The molecule has 6 atom stereocenters. The van der Waals surface area contributed by atoms with Crippen LogP contribution in [0.5, 0.6) is 0 Å². The van der Waals surface area contributed by atoms with Crippen LogP contribution in [0.2, 0.25) is 0 Å². The fraction of sp³-hybridized carbons (Fsp3) is 0.585. The Kier molecular flexibility index (Phi) is 22.2. The summed E-state index contributed by atoms with van der Waals surface area (Å²) in [5.41, 5.74) is -0.0674. The highest BCUT2D eigenvalue weighted by Gasteiger charge is 2.41. The topological polar surface area (TPSA) is 333 Å². The number of ketones is 1. The average molecular weight is 930 g/mol. The standard InChI is InChI=1S/C41H58F3N7O14/c1-20(2)16-24(35(61)50-27(19-41(42,43)44)32(59)38(64)45-7)49-39(65)33(40(4,5)6)51-37(63)25(17-22-11-9-8-10-21(22)3)48-34(60)23(12-14-29(53)54)47-36(62)26(18-31(57)58)46-28(52)13-15-30(55)56/h8-11,20,23-27,33H,12-19H2,1-7H3,(H,45,64)(H,46,52)(H,47,62)(H,48,60)(H,49,65)(H,50,61)(H,51,63)(H,53,54)(H,55,56)(H,57,58)/t23-,24-,25-,26-,27-,33+/m0/s1. The van der Waals surface area contributed by atoms with E-state index in [2.05, 4.69) is 26.6 Å². The molecule has 0 aliphatic carbocycles. The van der Waals surface area contributed by atoms with Crippen LogP contribution in [-0.4, -0.2) is 130 Å². The number of hydrogen-bond donors (Lipinski definition) is 10. The molecule has 1 aromatic carbocycles. The molecule has 0 fully saturated rings. The lowest BCUT2D eigenvalue weighted by molar-refractivity contribution is -0.154. The number of aliphatic carboxylic acids is 3. The van der Waals surface area contributed by atoms with Crippen LogP contribution < -0.4 is 37.2 Å². The highest BCUT2D eigenvalue weighted by atomic mass is 19.4. The second-order valence-electron chi connectivity index (χ2n) is 16.6. The van der Waals surface area contributed by atoms with Gasteiger partial charge < -0.3 is 52.5 Å². The van der Waals surface area contributed by atoms with Crippen LogP contribution in [0.25, 0.3) is 0 Å². The van der Waals surface area contributed by atoms with Crippen LogP contribution in [0.15, 0.2) is 24.3 Å². The van der Waals surface area contributed by atoms with E-state index in [9.17, 15) is 76.1 Å². The van der Waals surface area contributed by atoms with E-state index in [1.54, 1.807) is 45.0 Å². The van der Waals surface area contributed by atoms with E-state index in [1.807, 2.05) is 10.6 Å². The first-order valence-electron chi connectivity index (χ1n) is 20.3. The van der Waals surface area contributed by atoms with Gasteiger partial charge in [0, 0.05) is 26.3 Å². The van der Waals surface area contributed by atoms with Crippen LogP contribution in [0.4, 0.5) is 13.2 Å². The predicted octanol–water partition coefficient (Wildman–Crippen LogP) is 0.0103. The average Bonchev–Trinajstić information content (AvgIpc) is 3.18. The Morgan fingerprint density at radius 2 is 1.12 bits per heavy atom. The van der Waals surface area contributed by atoms with E-state index in [0.29, 0.717) is 11.1 Å². The fourth-order valence-corrected chi connectivity index (χ4v) is 6.09. The predicted molar refractivity (Wildman–Crippen MR) is 221 cm³/mol.